The van der Waals surface area contributed by atoms with Gasteiger partial charge in [-0.2, -0.15) is 5.10 Å². The van der Waals surface area contributed by atoms with Gasteiger partial charge >= 0.3 is 0 Å². The predicted molar refractivity (Wildman–Crippen MR) is 77.9 cm³/mol. The molecule has 0 saturated carbocycles. The number of hydrogen-bond acceptors (Lipinski definition) is 3. The number of aromatic nitrogens is 2. The van der Waals surface area contributed by atoms with Crippen molar-refractivity contribution in [1.82, 2.24) is 9.78 Å². The average molecular weight is 323 g/mol. The third-order valence-electron chi connectivity index (χ3n) is 2.80. The van der Waals surface area contributed by atoms with Gasteiger partial charge in [-0.15, -0.1) is 0 Å². The summed E-state index contributed by atoms with van der Waals surface area (Å²) in [6.07, 6.45) is 1.87. The van der Waals surface area contributed by atoms with Crippen LogP contribution in [0.2, 0.25) is 0 Å². The van der Waals surface area contributed by atoms with Gasteiger partial charge in [-0.25, -0.2) is 4.68 Å². The first-order chi connectivity index (χ1) is 9.04. The topological polar surface area (TPSA) is 76.4 Å². The Morgan fingerprint density at radius 3 is 2.74 bits per heavy atom. The molecule has 0 atom stereocenters. The fourth-order valence-electron chi connectivity index (χ4n) is 1.79. The molecular weight excluding hydrogens is 308 g/mol. The number of halogens is 1. The van der Waals surface area contributed by atoms with E-state index in [0.717, 1.165) is 15.9 Å². The van der Waals surface area contributed by atoms with Gasteiger partial charge in [0.15, 0.2) is 5.84 Å². The highest BCUT2D eigenvalue weighted by atomic mass is 79.9. The Morgan fingerprint density at radius 2 is 2.16 bits per heavy atom. The van der Waals surface area contributed by atoms with Crippen molar-refractivity contribution in [3.05, 3.63) is 46.2 Å². The van der Waals surface area contributed by atoms with Gasteiger partial charge in [0.2, 0.25) is 0 Å². The van der Waals surface area contributed by atoms with Crippen LogP contribution >= 0.6 is 15.9 Å². The van der Waals surface area contributed by atoms with Crippen LogP contribution in [0.15, 0.2) is 40.1 Å². The van der Waals surface area contributed by atoms with Crippen LogP contribution in [0.3, 0.4) is 0 Å². The molecule has 0 unspecified atom stereocenters. The predicted octanol–water partition coefficient (Wildman–Crippen LogP) is 2.85. The van der Waals surface area contributed by atoms with Crippen LogP contribution in [-0.4, -0.2) is 20.8 Å². The molecule has 0 saturated heterocycles. The second-order valence-electron chi connectivity index (χ2n) is 4.46. The largest absolute Gasteiger partial charge is 0.409 e. The van der Waals surface area contributed by atoms with E-state index in [9.17, 15) is 0 Å². The van der Waals surface area contributed by atoms with Crippen LogP contribution in [0.5, 0.6) is 0 Å². The van der Waals surface area contributed by atoms with Crippen molar-refractivity contribution in [3.63, 3.8) is 0 Å². The maximum Gasteiger partial charge on any atom is 0.173 e. The van der Waals surface area contributed by atoms with Crippen LogP contribution in [0.1, 0.15) is 31.0 Å². The SMILES string of the molecule is CC(C)c1ccn(-c2cccc(Br)c2/C(N)=N/O)n1. The number of benzene rings is 1. The van der Waals surface area contributed by atoms with Gasteiger partial charge in [0, 0.05) is 10.7 Å². The van der Waals surface area contributed by atoms with E-state index in [1.54, 1.807) is 4.68 Å². The van der Waals surface area contributed by atoms with Gasteiger partial charge in [0.05, 0.1) is 16.9 Å². The zero-order valence-corrected chi connectivity index (χ0v) is 12.3. The molecule has 0 aliphatic carbocycles. The highest BCUT2D eigenvalue weighted by Gasteiger charge is 2.14. The number of nitrogens with zero attached hydrogens (tertiary/aromatic N) is 3. The van der Waals surface area contributed by atoms with Crippen molar-refractivity contribution >= 4 is 21.8 Å². The molecule has 100 valence electrons. The van der Waals surface area contributed by atoms with Crippen molar-refractivity contribution in [1.29, 1.82) is 0 Å². The molecule has 2 rings (SSSR count). The van der Waals surface area contributed by atoms with E-state index in [2.05, 4.69) is 40.0 Å². The lowest BCUT2D eigenvalue weighted by atomic mass is 10.1. The summed E-state index contributed by atoms with van der Waals surface area (Å²) in [5.41, 5.74) is 8.09. The molecule has 0 fully saturated rings. The molecule has 19 heavy (non-hydrogen) atoms. The summed E-state index contributed by atoms with van der Waals surface area (Å²) in [5.74, 6) is 0.393. The molecule has 2 aromatic rings. The molecule has 0 aliphatic rings. The highest BCUT2D eigenvalue weighted by molar-refractivity contribution is 9.10. The van der Waals surface area contributed by atoms with E-state index in [0.29, 0.717) is 11.5 Å². The molecule has 1 aromatic heterocycles. The normalized spacial score (nSPS) is 12.1. The van der Waals surface area contributed by atoms with Gasteiger partial charge in [-0.05, 0) is 40.0 Å². The number of amidine groups is 1. The molecule has 0 spiro atoms. The standard InChI is InChI=1S/C13H15BrN4O/c1-8(2)10-6-7-18(16-10)11-5-3-4-9(14)12(11)13(15)17-19/h3-8,19H,1-2H3,(H2,15,17). The summed E-state index contributed by atoms with van der Waals surface area (Å²) < 4.78 is 2.48. The van der Waals surface area contributed by atoms with Crippen LogP contribution in [0, 0.1) is 0 Å². The van der Waals surface area contributed by atoms with Crippen molar-refractivity contribution < 1.29 is 5.21 Å². The lowest BCUT2D eigenvalue weighted by Crippen LogP contribution is -2.17. The van der Waals surface area contributed by atoms with Crippen LogP contribution in [0.4, 0.5) is 0 Å². The first kappa shape index (κ1) is 13.6. The molecule has 0 radical (unpaired) electrons. The van der Waals surface area contributed by atoms with Crippen molar-refractivity contribution in [2.75, 3.05) is 0 Å². The Morgan fingerprint density at radius 1 is 1.42 bits per heavy atom. The van der Waals surface area contributed by atoms with E-state index in [-0.39, 0.29) is 5.84 Å². The Kier molecular flexibility index (Phi) is 3.90. The first-order valence-corrected chi connectivity index (χ1v) is 6.66. The Balaban J connectivity index is 2.58. The monoisotopic (exact) mass is 322 g/mol. The van der Waals surface area contributed by atoms with Crippen LogP contribution in [0.25, 0.3) is 5.69 Å². The summed E-state index contributed by atoms with van der Waals surface area (Å²) in [5, 5.41) is 16.5. The molecule has 0 bridgehead atoms. The Bertz CT molecular complexity index is 619. The fourth-order valence-corrected chi connectivity index (χ4v) is 2.35. The molecule has 3 N–H and O–H groups in total. The maximum absolute atomic E-state index is 8.89. The third-order valence-corrected chi connectivity index (χ3v) is 3.46. The molecule has 1 aromatic carbocycles. The number of hydrogen-bond donors (Lipinski definition) is 2. The lowest BCUT2D eigenvalue weighted by Gasteiger charge is -2.10. The van der Waals surface area contributed by atoms with Crippen molar-refractivity contribution in [2.24, 2.45) is 10.9 Å². The van der Waals surface area contributed by atoms with Gasteiger partial charge in [-0.3, -0.25) is 0 Å². The minimum absolute atomic E-state index is 0.0454. The lowest BCUT2D eigenvalue weighted by molar-refractivity contribution is 0.318. The smallest absolute Gasteiger partial charge is 0.173 e. The van der Waals surface area contributed by atoms with Crippen LogP contribution < -0.4 is 5.73 Å². The van der Waals surface area contributed by atoms with E-state index in [1.165, 1.54) is 0 Å². The summed E-state index contributed by atoms with van der Waals surface area (Å²) in [4.78, 5) is 0. The third kappa shape index (κ3) is 2.63. The van der Waals surface area contributed by atoms with Crippen molar-refractivity contribution in [3.8, 4) is 5.69 Å². The van der Waals surface area contributed by atoms with Crippen molar-refractivity contribution in [2.45, 2.75) is 19.8 Å². The quantitative estimate of drug-likeness (QED) is 0.395. The minimum Gasteiger partial charge on any atom is -0.409 e. The summed E-state index contributed by atoms with van der Waals surface area (Å²) in [7, 11) is 0. The van der Waals surface area contributed by atoms with E-state index in [1.807, 2.05) is 30.5 Å². The summed E-state index contributed by atoms with van der Waals surface area (Å²) in [6.45, 7) is 4.16. The summed E-state index contributed by atoms with van der Waals surface area (Å²) >= 11 is 3.41. The molecule has 6 heteroatoms. The van der Waals surface area contributed by atoms with Gasteiger partial charge in [-0.1, -0.05) is 25.1 Å². The molecule has 0 amide bonds. The molecule has 0 aliphatic heterocycles. The minimum atomic E-state index is 0.0454. The van der Waals surface area contributed by atoms with E-state index >= 15 is 0 Å². The maximum atomic E-state index is 8.89. The summed E-state index contributed by atoms with van der Waals surface area (Å²) in [6, 6.07) is 7.55. The van der Waals surface area contributed by atoms with Gasteiger partial charge in [0.1, 0.15) is 0 Å². The Labute approximate surface area is 119 Å². The average Bonchev–Trinajstić information content (AvgIpc) is 2.87. The van der Waals surface area contributed by atoms with Crippen LogP contribution in [-0.2, 0) is 0 Å². The molecule has 5 nitrogen and oxygen atoms in total. The zero-order chi connectivity index (χ0) is 14.0. The number of nitrogens with two attached hydrogens (primary N) is 1. The molecular formula is C13H15BrN4O. The first-order valence-electron chi connectivity index (χ1n) is 5.87. The number of oxime groups is 1. The van der Waals surface area contributed by atoms with E-state index < -0.39 is 0 Å². The van der Waals surface area contributed by atoms with Gasteiger partial charge < -0.3 is 10.9 Å². The van der Waals surface area contributed by atoms with E-state index in [4.69, 9.17) is 10.9 Å². The second-order valence-corrected chi connectivity index (χ2v) is 5.31. The fraction of sp³-hybridized carbons (Fsp3) is 0.231. The second kappa shape index (κ2) is 5.44. The number of rotatable bonds is 3. The zero-order valence-electron chi connectivity index (χ0n) is 10.7. The van der Waals surface area contributed by atoms with Gasteiger partial charge in [0.25, 0.3) is 0 Å². The Hall–Kier alpha value is -1.82. The molecule has 1 heterocycles. The highest BCUT2D eigenvalue weighted by Crippen LogP contribution is 2.24.